The highest BCUT2D eigenvalue weighted by molar-refractivity contribution is 6.17. The molecule has 0 heterocycles. The van der Waals surface area contributed by atoms with Crippen LogP contribution < -0.4 is 10.1 Å². The number of halogens is 1. The van der Waals surface area contributed by atoms with Crippen LogP contribution in [0.25, 0.3) is 0 Å². The van der Waals surface area contributed by atoms with Gasteiger partial charge >= 0.3 is 0 Å². The summed E-state index contributed by atoms with van der Waals surface area (Å²) in [6.07, 6.45) is 0.769. The molecule has 1 N–H and O–H groups in total. The molecule has 120 valence electrons. The van der Waals surface area contributed by atoms with E-state index in [-0.39, 0.29) is 11.7 Å². The van der Waals surface area contributed by atoms with Crippen LogP contribution in [0.15, 0.2) is 48.5 Å². The SMILES string of the molecule is CC(=O)c1ccccc1NC(=O)c1ccc(OCCCCl)cc1. The molecule has 2 aromatic rings. The van der Waals surface area contributed by atoms with E-state index in [9.17, 15) is 9.59 Å². The van der Waals surface area contributed by atoms with Gasteiger partial charge in [0.2, 0.25) is 0 Å². The minimum atomic E-state index is -0.272. The number of anilines is 1. The number of benzene rings is 2. The Morgan fingerprint density at radius 1 is 1.09 bits per heavy atom. The molecule has 0 bridgehead atoms. The van der Waals surface area contributed by atoms with E-state index in [1.807, 2.05) is 0 Å². The standard InChI is InChI=1S/C18H18ClNO3/c1-13(21)16-5-2-3-6-17(16)20-18(22)14-7-9-15(10-8-14)23-12-4-11-19/h2-3,5-10H,4,11-12H2,1H3,(H,20,22). The molecule has 2 aromatic carbocycles. The van der Waals surface area contributed by atoms with Crippen LogP contribution in [-0.4, -0.2) is 24.2 Å². The first-order chi connectivity index (χ1) is 11.1. The Kier molecular flexibility index (Phi) is 6.18. The maximum absolute atomic E-state index is 12.3. The summed E-state index contributed by atoms with van der Waals surface area (Å²) < 4.78 is 5.49. The van der Waals surface area contributed by atoms with Crippen LogP contribution in [0, 0.1) is 0 Å². The number of rotatable bonds is 7. The van der Waals surface area contributed by atoms with Gasteiger partial charge in [-0.25, -0.2) is 0 Å². The van der Waals surface area contributed by atoms with Gasteiger partial charge in [0.25, 0.3) is 5.91 Å². The number of carbonyl (C=O) groups excluding carboxylic acids is 2. The van der Waals surface area contributed by atoms with Crippen LogP contribution in [0.2, 0.25) is 0 Å². The first-order valence-corrected chi connectivity index (χ1v) is 7.85. The number of ketones is 1. The number of Topliss-reactive ketones (excluding diaryl/α,β-unsaturated/α-hetero) is 1. The molecule has 0 aromatic heterocycles. The minimum absolute atomic E-state index is 0.0936. The van der Waals surface area contributed by atoms with E-state index in [2.05, 4.69) is 5.32 Å². The lowest BCUT2D eigenvalue weighted by atomic mass is 10.1. The predicted molar refractivity (Wildman–Crippen MR) is 91.7 cm³/mol. The van der Waals surface area contributed by atoms with E-state index in [0.717, 1.165) is 6.42 Å². The summed E-state index contributed by atoms with van der Waals surface area (Å²) in [7, 11) is 0. The summed E-state index contributed by atoms with van der Waals surface area (Å²) in [6, 6.07) is 13.8. The summed E-state index contributed by atoms with van der Waals surface area (Å²) in [4.78, 5) is 23.9. The summed E-state index contributed by atoms with van der Waals surface area (Å²) in [6.45, 7) is 2.01. The molecule has 0 atom stereocenters. The molecule has 0 aliphatic carbocycles. The predicted octanol–water partition coefficient (Wildman–Crippen LogP) is 4.15. The number of para-hydroxylation sites is 1. The molecular weight excluding hydrogens is 314 g/mol. The van der Waals surface area contributed by atoms with Gasteiger partial charge in [-0.2, -0.15) is 0 Å². The highest BCUT2D eigenvalue weighted by Gasteiger charge is 2.11. The van der Waals surface area contributed by atoms with E-state index in [4.69, 9.17) is 16.3 Å². The van der Waals surface area contributed by atoms with E-state index in [0.29, 0.717) is 35.1 Å². The number of hydrogen-bond donors (Lipinski definition) is 1. The van der Waals surface area contributed by atoms with Crippen molar-refractivity contribution in [1.29, 1.82) is 0 Å². The zero-order chi connectivity index (χ0) is 16.7. The third kappa shape index (κ3) is 4.83. The highest BCUT2D eigenvalue weighted by atomic mass is 35.5. The van der Waals surface area contributed by atoms with E-state index < -0.39 is 0 Å². The Labute approximate surface area is 140 Å². The van der Waals surface area contributed by atoms with Crippen LogP contribution in [0.5, 0.6) is 5.75 Å². The molecule has 0 saturated carbocycles. The molecule has 5 heteroatoms. The molecule has 0 aliphatic rings. The third-order valence-corrected chi connectivity index (χ3v) is 3.49. The number of nitrogens with one attached hydrogen (secondary N) is 1. The second-order valence-corrected chi connectivity index (χ2v) is 5.35. The van der Waals surface area contributed by atoms with Gasteiger partial charge < -0.3 is 10.1 Å². The average molecular weight is 332 g/mol. The molecular formula is C18H18ClNO3. The Morgan fingerprint density at radius 2 is 1.78 bits per heavy atom. The van der Waals surface area contributed by atoms with Crippen LogP contribution in [0.4, 0.5) is 5.69 Å². The van der Waals surface area contributed by atoms with Crippen molar-refractivity contribution < 1.29 is 14.3 Å². The second kappa shape index (κ2) is 8.34. The lowest BCUT2D eigenvalue weighted by Gasteiger charge is -2.10. The van der Waals surface area contributed by atoms with Crippen molar-refractivity contribution in [3.63, 3.8) is 0 Å². The summed E-state index contributed by atoms with van der Waals surface area (Å²) >= 11 is 5.59. The maximum atomic E-state index is 12.3. The lowest BCUT2D eigenvalue weighted by Crippen LogP contribution is -2.14. The van der Waals surface area contributed by atoms with Crippen molar-refractivity contribution in [2.45, 2.75) is 13.3 Å². The van der Waals surface area contributed by atoms with Crippen LogP contribution in [-0.2, 0) is 0 Å². The molecule has 0 aliphatic heterocycles. The fourth-order valence-corrected chi connectivity index (χ4v) is 2.15. The van der Waals surface area contributed by atoms with Gasteiger partial charge in [-0.3, -0.25) is 9.59 Å². The zero-order valence-electron chi connectivity index (χ0n) is 12.8. The van der Waals surface area contributed by atoms with Crippen LogP contribution >= 0.6 is 11.6 Å². The van der Waals surface area contributed by atoms with Gasteiger partial charge in [-0.05, 0) is 49.7 Å². The Hall–Kier alpha value is -2.33. The Balaban J connectivity index is 2.05. The van der Waals surface area contributed by atoms with Crippen molar-refractivity contribution in [2.75, 3.05) is 17.8 Å². The van der Waals surface area contributed by atoms with Crippen molar-refractivity contribution in [1.82, 2.24) is 0 Å². The molecule has 23 heavy (non-hydrogen) atoms. The molecule has 0 saturated heterocycles. The molecule has 2 rings (SSSR count). The normalized spacial score (nSPS) is 10.2. The Bertz CT molecular complexity index is 683. The van der Waals surface area contributed by atoms with Crippen molar-refractivity contribution >= 4 is 29.0 Å². The average Bonchev–Trinajstić information content (AvgIpc) is 2.56. The van der Waals surface area contributed by atoms with Gasteiger partial charge in [0, 0.05) is 17.0 Å². The fourth-order valence-electron chi connectivity index (χ4n) is 2.04. The minimum Gasteiger partial charge on any atom is -0.494 e. The van der Waals surface area contributed by atoms with Gasteiger partial charge in [0.15, 0.2) is 5.78 Å². The van der Waals surface area contributed by atoms with Gasteiger partial charge in [0.1, 0.15) is 5.75 Å². The largest absolute Gasteiger partial charge is 0.494 e. The molecule has 1 amide bonds. The topological polar surface area (TPSA) is 55.4 Å². The summed E-state index contributed by atoms with van der Waals surface area (Å²) in [5.74, 6) is 0.876. The van der Waals surface area contributed by atoms with Gasteiger partial charge in [0.05, 0.1) is 12.3 Å². The maximum Gasteiger partial charge on any atom is 0.255 e. The fraction of sp³-hybridized carbons (Fsp3) is 0.222. The van der Waals surface area contributed by atoms with Crippen molar-refractivity contribution in [2.24, 2.45) is 0 Å². The monoisotopic (exact) mass is 331 g/mol. The summed E-state index contributed by atoms with van der Waals surface area (Å²) in [5, 5.41) is 2.76. The van der Waals surface area contributed by atoms with Crippen molar-refractivity contribution in [3.05, 3.63) is 59.7 Å². The lowest BCUT2D eigenvalue weighted by molar-refractivity contribution is 0.101. The quantitative estimate of drug-likeness (QED) is 0.471. The Morgan fingerprint density at radius 3 is 2.43 bits per heavy atom. The molecule has 0 spiro atoms. The molecule has 0 unspecified atom stereocenters. The smallest absolute Gasteiger partial charge is 0.255 e. The molecule has 0 radical (unpaired) electrons. The van der Waals surface area contributed by atoms with Crippen LogP contribution in [0.1, 0.15) is 34.1 Å². The first-order valence-electron chi connectivity index (χ1n) is 7.32. The van der Waals surface area contributed by atoms with E-state index >= 15 is 0 Å². The van der Waals surface area contributed by atoms with Crippen LogP contribution in [0.3, 0.4) is 0 Å². The van der Waals surface area contributed by atoms with Crippen molar-refractivity contribution in [3.8, 4) is 5.75 Å². The summed E-state index contributed by atoms with van der Waals surface area (Å²) in [5.41, 5.74) is 1.49. The van der Waals surface area contributed by atoms with Gasteiger partial charge in [-0.1, -0.05) is 12.1 Å². The van der Waals surface area contributed by atoms with E-state index in [1.165, 1.54) is 6.92 Å². The number of hydrogen-bond acceptors (Lipinski definition) is 3. The molecule has 4 nitrogen and oxygen atoms in total. The van der Waals surface area contributed by atoms with Gasteiger partial charge in [-0.15, -0.1) is 11.6 Å². The number of carbonyl (C=O) groups is 2. The number of ether oxygens (including phenoxy) is 1. The second-order valence-electron chi connectivity index (χ2n) is 4.97. The third-order valence-electron chi connectivity index (χ3n) is 3.22. The zero-order valence-corrected chi connectivity index (χ0v) is 13.6. The highest BCUT2D eigenvalue weighted by Crippen LogP contribution is 2.18. The number of amides is 1. The molecule has 0 fully saturated rings. The van der Waals surface area contributed by atoms with E-state index in [1.54, 1.807) is 48.5 Å². The first kappa shape index (κ1) is 17.0. The number of alkyl halides is 1.